The summed E-state index contributed by atoms with van der Waals surface area (Å²) in [6.45, 7) is 0.766. The average Bonchev–Trinajstić information content (AvgIpc) is 3.00. The van der Waals surface area contributed by atoms with Gasteiger partial charge in [-0.15, -0.1) is 11.3 Å². The minimum absolute atomic E-state index is 0.0247. The molecule has 2 rings (SSSR count). The number of thiophene rings is 1. The Balaban J connectivity index is 1.91. The first kappa shape index (κ1) is 15.5. The van der Waals surface area contributed by atoms with E-state index in [9.17, 15) is 14.4 Å². The van der Waals surface area contributed by atoms with E-state index in [0.29, 0.717) is 24.3 Å². The van der Waals surface area contributed by atoms with Crippen LogP contribution in [0.4, 0.5) is 0 Å². The zero-order chi connectivity index (χ0) is 15.4. The van der Waals surface area contributed by atoms with Gasteiger partial charge in [0.2, 0.25) is 5.91 Å². The van der Waals surface area contributed by atoms with Gasteiger partial charge in [0, 0.05) is 20.1 Å². The second kappa shape index (κ2) is 6.71. The van der Waals surface area contributed by atoms with E-state index < -0.39 is 11.9 Å². The fourth-order valence-corrected chi connectivity index (χ4v) is 3.09. The summed E-state index contributed by atoms with van der Waals surface area (Å²) in [5.74, 6) is -1.75. The van der Waals surface area contributed by atoms with Crippen LogP contribution in [0, 0.1) is 5.92 Å². The number of rotatable bonds is 4. The van der Waals surface area contributed by atoms with Crippen molar-refractivity contribution in [2.45, 2.75) is 12.8 Å². The van der Waals surface area contributed by atoms with E-state index >= 15 is 0 Å². The van der Waals surface area contributed by atoms with Gasteiger partial charge in [-0.05, 0) is 24.3 Å². The van der Waals surface area contributed by atoms with Gasteiger partial charge in [0.05, 0.1) is 17.3 Å². The van der Waals surface area contributed by atoms with Gasteiger partial charge in [-0.1, -0.05) is 6.07 Å². The molecule has 0 aliphatic carbocycles. The highest BCUT2D eigenvalue weighted by atomic mass is 32.1. The monoisotopic (exact) mass is 310 g/mol. The van der Waals surface area contributed by atoms with Crippen LogP contribution in [0.3, 0.4) is 0 Å². The van der Waals surface area contributed by atoms with E-state index in [0.717, 1.165) is 0 Å². The smallest absolute Gasteiger partial charge is 0.308 e. The maximum atomic E-state index is 12.2. The third-order valence-corrected chi connectivity index (χ3v) is 4.43. The summed E-state index contributed by atoms with van der Waals surface area (Å²) in [6, 6.07) is 3.50. The van der Waals surface area contributed by atoms with Crippen molar-refractivity contribution >= 4 is 29.1 Å². The standard InChI is InChI=1S/C14H18N2O4S/c1-15(13(18)11-5-3-7-21-11)9-12(17)16-6-2-4-10(8-16)14(19)20/h3,5,7,10H,2,4,6,8-9H2,1H3,(H,19,20). The summed E-state index contributed by atoms with van der Waals surface area (Å²) < 4.78 is 0. The molecule has 1 N–H and O–H groups in total. The summed E-state index contributed by atoms with van der Waals surface area (Å²) in [7, 11) is 1.58. The zero-order valence-corrected chi connectivity index (χ0v) is 12.6. The van der Waals surface area contributed by atoms with Crippen molar-refractivity contribution in [3.63, 3.8) is 0 Å². The molecule has 114 valence electrons. The van der Waals surface area contributed by atoms with Crippen LogP contribution < -0.4 is 0 Å². The van der Waals surface area contributed by atoms with Gasteiger partial charge in [0.25, 0.3) is 5.91 Å². The number of piperidine rings is 1. The van der Waals surface area contributed by atoms with E-state index in [2.05, 4.69) is 0 Å². The van der Waals surface area contributed by atoms with Crippen LogP contribution in [0.2, 0.25) is 0 Å². The number of hydrogen-bond acceptors (Lipinski definition) is 4. The molecule has 0 radical (unpaired) electrons. The second-order valence-corrected chi connectivity index (χ2v) is 6.10. The van der Waals surface area contributed by atoms with Crippen molar-refractivity contribution in [3.8, 4) is 0 Å². The lowest BCUT2D eigenvalue weighted by Gasteiger charge is -2.31. The van der Waals surface area contributed by atoms with E-state index in [1.54, 1.807) is 24.1 Å². The predicted molar refractivity (Wildman–Crippen MR) is 78.2 cm³/mol. The highest BCUT2D eigenvalue weighted by Crippen LogP contribution is 2.17. The number of likely N-dealkylation sites (tertiary alicyclic amines) is 1. The number of hydrogen-bond donors (Lipinski definition) is 1. The van der Waals surface area contributed by atoms with Crippen molar-refractivity contribution < 1.29 is 19.5 Å². The minimum atomic E-state index is -0.865. The Morgan fingerprint density at radius 3 is 2.86 bits per heavy atom. The highest BCUT2D eigenvalue weighted by Gasteiger charge is 2.29. The van der Waals surface area contributed by atoms with Crippen LogP contribution in [0.15, 0.2) is 17.5 Å². The summed E-state index contributed by atoms with van der Waals surface area (Å²) in [4.78, 5) is 38.8. The number of carbonyl (C=O) groups is 3. The van der Waals surface area contributed by atoms with Gasteiger partial charge in [0.15, 0.2) is 0 Å². The molecule has 21 heavy (non-hydrogen) atoms. The van der Waals surface area contributed by atoms with E-state index in [-0.39, 0.29) is 24.9 Å². The molecule has 1 saturated heterocycles. The predicted octanol–water partition coefficient (Wildman–Crippen LogP) is 1.14. The second-order valence-electron chi connectivity index (χ2n) is 5.16. The molecule has 1 aliphatic rings. The Morgan fingerprint density at radius 2 is 2.24 bits per heavy atom. The van der Waals surface area contributed by atoms with Gasteiger partial charge >= 0.3 is 5.97 Å². The maximum Gasteiger partial charge on any atom is 0.308 e. The molecule has 0 spiro atoms. The fourth-order valence-electron chi connectivity index (χ4n) is 2.37. The largest absolute Gasteiger partial charge is 0.481 e. The van der Waals surface area contributed by atoms with Crippen LogP contribution >= 0.6 is 11.3 Å². The fraction of sp³-hybridized carbons (Fsp3) is 0.500. The topological polar surface area (TPSA) is 77.9 Å². The number of aliphatic carboxylic acids is 1. The molecule has 0 aromatic carbocycles. The Labute approximate surface area is 127 Å². The number of likely N-dealkylation sites (N-methyl/N-ethyl adjacent to an activating group) is 1. The Kier molecular flexibility index (Phi) is 4.95. The first-order valence-electron chi connectivity index (χ1n) is 6.78. The van der Waals surface area contributed by atoms with Crippen LogP contribution in [0.25, 0.3) is 0 Å². The molecule has 1 atom stereocenters. The van der Waals surface area contributed by atoms with Gasteiger partial charge in [-0.25, -0.2) is 0 Å². The number of amides is 2. The number of carboxylic acid groups (broad SMARTS) is 1. The van der Waals surface area contributed by atoms with Crippen molar-refractivity contribution in [2.75, 3.05) is 26.7 Å². The Morgan fingerprint density at radius 1 is 1.48 bits per heavy atom. The molecular weight excluding hydrogens is 292 g/mol. The molecule has 1 aliphatic heterocycles. The third kappa shape index (κ3) is 3.81. The number of carboxylic acids is 1. The summed E-state index contributed by atoms with van der Waals surface area (Å²) in [5.41, 5.74) is 0. The lowest BCUT2D eigenvalue weighted by Crippen LogP contribution is -2.46. The first-order valence-corrected chi connectivity index (χ1v) is 7.66. The number of nitrogens with zero attached hydrogens (tertiary/aromatic N) is 2. The molecule has 0 bridgehead atoms. The van der Waals surface area contributed by atoms with Crippen LogP contribution in [-0.2, 0) is 9.59 Å². The molecule has 7 heteroatoms. The minimum Gasteiger partial charge on any atom is -0.481 e. The van der Waals surface area contributed by atoms with E-state index in [1.165, 1.54) is 16.2 Å². The molecule has 2 heterocycles. The molecule has 1 aromatic heterocycles. The lowest BCUT2D eigenvalue weighted by atomic mass is 9.98. The first-order chi connectivity index (χ1) is 9.99. The Hall–Kier alpha value is -1.89. The van der Waals surface area contributed by atoms with Gasteiger partial charge in [-0.2, -0.15) is 0 Å². The van der Waals surface area contributed by atoms with E-state index in [4.69, 9.17) is 5.11 Å². The lowest BCUT2D eigenvalue weighted by molar-refractivity contribution is -0.145. The average molecular weight is 310 g/mol. The molecule has 0 saturated carbocycles. The molecule has 1 fully saturated rings. The summed E-state index contributed by atoms with van der Waals surface area (Å²) >= 11 is 1.33. The molecule has 2 amide bonds. The van der Waals surface area contributed by atoms with Gasteiger partial charge < -0.3 is 14.9 Å². The quantitative estimate of drug-likeness (QED) is 0.904. The van der Waals surface area contributed by atoms with E-state index in [1.807, 2.05) is 5.38 Å². The van der Waals surface area contributed by atoms with Gasteiger partial charge in [-0.3, -0.25) is 14.4 Å². The number of carbonyl (C=O) groups excluding carboxylic acids is 2. The van der Waals surface area contributed by atoms with Gasteiger partial charge in [0.1, 0.15) is 0 Å². The summed E-state index contributed by atoms with van der Waals surface area (Å²) in [6.07, 6.45) is 1.29. The summed E-state index contributed by atoms with van der Waals surface area (Å²) in [5, 5.41) is 10.8. The molecule has 6 nitrogen and oxygen atoms in total. The molecule has 1 aromatic rings. The van der Waals surface area contributed by atoms with Crippen LogP contribution in [0.5, 0.6) is 0 Å². The Bertz CT molecular complexity index is 529. The van der Waals surface area contributed by atoms with Crippen molar-refractivity contribution in [2.24, 2.45) is 5.92 Å². The molecular formula is C14H18N2O4S. The zero-order valence-electron chi connectivity index (χ0n) is 11.8. The van der Waals surface area contributed by atoms with Crippen molar-refractivity contribution in [3.05, 3.63) is 22.4 Å². The highest BCUT2D eigenvalue weighted by molar-refractivity contribution is 7.12. The SMILES string of the molecule is CN(CC(=O)N1CCCC(C(=O)O)C1)C(=O)c1cccs1. The third-order valence-electron chi connectivity index (χ3n) is 3.57. The normalized spacial score (nSPS) is 18.3. The maximum absolute atomic E-state index is 12.2. The van der Waals surface area contributed by atoms with Crippen LogP contribution in [0.1, 0.15) is 22.5 Å². The van der Waals surface area contributed by atoms with Crippen molar-refractivity contribution in [1.29, 1.82) is 0 Å². The molecule has 1 unspecified atom stereocenters. The van der Waals surface area contributed by atoms with Crippen molar-refractivity contribution in [1.82, 2.24) is 9.80 Å². The van der Waals surface area contributed by atoms with Crippen LogP contribution in [-0.4, -0.2) is 59.4 Å².